The van der Waals surface area contributed by atoms with Crippen molar-refractivity contribution in [2.45, 2.75) is 24.7 Å². The second-order valence-corrected chi connectivity index (χ2v) is 20.2. The molecule has 69 heavy (non-hydrogen) atoms. The van der Waals surface area contributed by atoms with Crippen molar-refractivity contribution in [3.8, 4) is 43.8 Å². The van der Waals surface area contributed by atoms with E-state index in [-0.39, 0.29) is 5.41 Å². The van der Waals surface area contributed by atoms with Crippen LogP contribution < -0.4 is 9.80 Å². The van der Waals surface area contributed by atoms with Gasteiger partial charge in [0.1, 0.15) is 0 Å². The lowest BCUT2D eigenvalue weighted by Gasteiger charge is -2.33. The zero-order valence-electron chi connectivity index (χ0n) is 38.4. The van der Waals surface area contributed by atoms with Crippen molar-refractivity contribution < 1.29 is 0 Å². The van der Waals surface area contributed by atoms with Crippen LogP contribution in [-0.4, -0.2) is 0 Å². The third kappa shape index (κ3) is 5.72. The summed E-state index contributed by atoms with van der Waals surface area (Å²) in [6.07, 6.45) is 0. The normalized spacial score (nSPS) is 15.3. The summed E-state index contributed by atoms with van der Waals surface area (Å²) in [5.74, 6) is 0. The molecular weight excluding hydrogens is 853 g/mol. The number of nitrogens with zero attached hydrogens (tertiary/aromatic N) is 2. The summed E-state index contributed by atoms with van der Waals surface area (Å²) in [5, 5.41) is 1.32. The summed E-state index contributed by atoms with van der Waals surface area (Å²) in [4.78, 5) is 6.30. The molecule has 11 aromatic rings. The third-order valence-electron chi connectivity index (χ3n) is 15.3. The number of thiophene rings is 1. The van der Waals surface area contributed by atoms with Crippen molar-refractivity contribution in [3.05, 3.63) is 276 Å². The molecule has 0 bridgehead atoms. The Bertz CT molecular complexity index is 3770. The Morgan fingerprint density at radius 2 is 0.870 bits per heavy atom. The molecule has 0 N–H and O–H groups in total. The van der Waals surface area contributed by atoms with E-state index in [9.17, 15) is 0 Å². The first-order chi connectivity index (χ1) is 34.0. The molecule has 0 saturated heterocycles. The number of hydrogen-bond acceptors (Lipinski definition) is 3. The van der Waals surface area contributed by atoms with Gasteiger partial charge in [-0.15, -0.1) is 11.3 Å². The number of anilines is 6. The molecule has 3 heteroatoms. The van der Waals surface area contributed by atoms with Crippen LogP contribution in [0, 0.1) is 0 Å². The molecule has 3 aliphatic rings. The van der Waals surface area contributed by atoms with Crippen LogP contribution in [-0.2, 0) is 10.8 Å². The summed E-state index contributed by atoms with van der Waals surface area (Å²) in [7, 11) is 0. The minimum atomic E-state index is -0.592. The summed E-state index contributed by atoms with van der Waals surface area (Å²) in [6, 6.07) is 90.3. The molecule has 326 valence electrons. The summed E-state index contributed by atoms with van der Waals surface area (Å²) < 4.78 is 1.32. The average Bonchev–Trinajstić information content (AvgIpc) is 4.09. The molecule has 1 spiro atoms. The Morgan fingerprint density at radius 1 is 0.348 bits per heavy atom. The van der Waals surface area contributed by atoms with Gasteiger partial charge >= 0.3 is 0 Å². The topological polar surface area (TPSA) is 6.48 Å². The van der Waals surface area contributed by atoms with Gasteiger partial charge < -0.3 is 9.80 Å². The van der Waals surface area contributed by atoms with Gasteiger partial charge in [0.05, 0.1) is 11.1 Å². The Morgan fingerprint density at radius 3 is 1.59 bits per heavy atom. The summed E-state index contributed by atoms with van der Waals surface area (Å²) in [5.41, 5.74) is 23.1. The van der Waals surface area contributed by atoms with Crippen molar-refractivity contribution in [1.82, 2.24) is 0 Å². The van der Waals surface area contributed by atoms with E-state index in [1.807, 2.05) is 11.3 Å². The van der Waals surface area contributed by atoms with Crippen LogP contribution in [0.15, 0.2) is 243 Å². The number of fused-ring (bicyclic) bond motifs is 15. The zero-order valence-corrected chi connectivity index (χ0v) is 39.2. The molecule has 0 saturated carbocycles. The second kappa shape index (κ2) is 15.1. The first kappa shape index (κ1) is 39.9. The Kier molecular flexibility index (Phi) is 8.75. The van der Waals surface area contributed by atoms with Crippen LogP contribution >= 0.6 is 11.3 Å². The van der Waals surface area contributed by atoms with Crippen LogP contribution in [0.1, 0.15) is 47.2 Å². The van der Waals surface area contributed by atoms with Crippen molar-refractivity contribution in [3.63, 3.8) is 0 Å². The van der Waals surface area contributed by atoms with E-state index in [1.165, 1.54) is 93.0 Å². The zero-order chi connectivity index (χ0) is 45.8. The van der Waals surface area contributed by atoms with Crippen LogP contribution in [0.25, 0.3) is 53.9 Å². The van der Waals surface area contributed by atoms with Gasteiger partial charge in [-0.1, -0.05) is 184 Å². The molecule has 1 aromatic heterocycles. The van der Waals surface area contributed by atoms with Crippen molar-refractivity contribution in [1.29, 1.82) is 0 Å². The van der Waals surface area contributed by atoms with Gasteiger partial charge in [-0.3, -0.25) is 0 Å². The predicted molar refractivity (Wildman–Crippen MR) is 290 cm³/mol. The standard InChI is InChI=1S/C66H46N2S/c1-65(2)55-28-15-12-25-50(55)51-39-37-48(41-58(51)65)67(47-35-33-44(34-36-47)43-19-6-3-7-20-43)49-38-40-53-59(42-49)66(63-54-27-14-17-32-61(54)69-64(53)63)56-29-16-13-26-52(56)62-57(66)30-18-31-60(62)68(45-21-8-4-9-22-45)46-23-10-5-11-24-46/h3-42H,1-2H3. The van der Waals surface area contributed by atoms with Gasteiger partial charge in [0.15, 0.2) is 0 Å². The highest BCUT2D eigenvalue weighted by Crippen LogP contribution is 2.68. The molecule has 14 rings (SSSR count). The highest BCUT2D eigenvalue weighted by Gasteiger charge is 2.54. The van der Waals surface area contributed by atoms with Gasteiger partial charge in [0, 0.05) is 49.0 Å². The molecule has 0 radical (unpaired) electrons. The van der Waals surface area contributed by atoms with Crippen LogP contribution in [0.4, 0.5) is 34.1 Å². The van der Waals surface area contributed by atoms with Gasteiger partial charge in [-0.25, -0.2) is 0 Å². The van der Waals surface area contributed by atoms with E-state index >= 15 is 0 Å². The number of hydrogen-bond donors (Lipinski definition) is 0. The number of rotatable bonds is 7. The van der Waals surface area contributed by atoms with Crippen LogP contribution in [0.3, 0.4) is 0 Å². The molecule has 0 fully saturated rings. The fourth-order valence-corrected chi connectivity index (χ4v) is 13.6. The molecule has 0 amide bonds. The maximum atomic E-state index is 2.54. The Balaban J connectivity index is 1.03. The first-order valence-electron chi connectivity index (χ1n) is 24.0. The SMILES string of the molecule is CC1(C)c2ccccc2-c2ccc(N(c3ccc(-c4ccccc4)cc3)c3ccc4c(c3)C3(c5ccccc5-c5c(N(c6ccccc6)c6ccccc6)cccc53)c3c-4sc4ccccc34)cc21. The number of benzene rings is 10. The molecule has 1 atom stereocenters. The molecular formula is C66H46N2S. The lowest BCUT2D eigenvalue weighted by molar-refractivity contribution is 0.660. The quantitative estimate of drug-likeness (QED) is 0.157. The Hall–Kier alpha value is -8.24. The summed E-state index contributed by atoms with van der Waals surface area (Å²) in [6.45, 7) is 4.75. The smallest absolute Gasteiger partial charge is 0.0741 e. The maximum absolute atomic E-state index is 2.54. The van der Waals surface area contributed by atoms with Gasteiger partial charge in [0.25, 0.3) is 0 Å². The maximum Gasteiger partial charge on any atom is 0.0741 e. The highest BCUT2D eigenvalue weighted by molar-refractivity contribution is 7.22. The predicted octanol–water partition coefficient (Wildman–Crippen LogP) is 18.2. The van der Waals surface area contributed by atoms with Crippen LogP contribution in [0.2, 0.25) is 0 Å². The lowest BCUT2D eigenvalue weighted by atomic mass is 9.70. The average molecular weight is 899 g/mol. The second-order valence-electron chi connectivity index (χ2n) is 19.2. The molecule has 10 aromatic carbocycles. The van der Waals surface area contributed by atoms with E-state index in [0.29, 0.717) is 0 Å². The van der Waals surface area contributed by atoms with Crippen molar-refractivity contribution in [2.75, 3.05) is 9.80 Å². The summed E-state index contributed by atoms with van der Waals surface area (Å²) >= 11 is 1.93. The van der Waals surface area contributed by atoms with Crippen molar-refractivity contribution in [2.24, 2.45) is 0 Å². The molecule has 1 heterocycles. The Labute approximate surface area is 407 Å². The minimum absolute atomic E-state index is 0.148. The molecule has 0 aliphatic heterocycles. The van der Waals surface area contributed by atoms with Gasteiger partial charge in [0.2, 0.25) is 0 Å². The fraction of sp³-hybridized carbons (Fsp3) is 0.0606. The number of para-hydroxylation sites is 2. The van der Waals surface area contributed by atoms with E-state index in [4.69, 9.17) is 0 Å². The largest absolute Gasteiger partial charge is 0.310 e. The first-order valence-corrected chi connectivity index (χ1v) is 24.8. The van der Waals surface area contributed by atoms with E-state index < -0.39 is 5.41 Å². The van der Waals surface area contributed by atoms with Crippen LogP contribution in [0.5, 0.6) is 0 Å². The van der Waals surface area contributed by atoms with E-state index in [0.717, 1.165) is 28.4 Å². The van der Waals surface area contributed by atoms with Gasteiger partial charge in [-0.2, -0.15) is 0 Å². The molecule has 1 unspecified atom stereocenters. The third-order valence-corrected chi connectivity index (χ3v) is 16.5. The fourth-order valence-electron chi connectivity index (χ4n) is 12.3. The molecule has 3 aliphatic carbocycles. The van der Waals surface area contributed by atoms with Gasteiger partial charge in [-0.05, 0) is 145 Å². The monoisotopic (exact) mass is 898 g/mol. The minimum Gasteiger partial charge on any atom is -0.310 e. The van der Waals surface area contributed by atoms with E-state index in [2.05, 4.69) is 266 Å². The van der Waals surface area contributed by atoms with Crippen molar-refractivity contribution >= 4 is 55.5 Å². The highest BCUT2D eigenvalue weighted by atomic mass is 32.1. The van der Waals surface area contributed by atoms with E-state index in [1.54, 1.807) is 0 Å². The lowest BCUT2D eigenvalue weighted by Crippen LogP contribution is -2.26. The molecule has 2 nitrogen and oxygen atoms in total.